The fraction of sp³-hybridized carbons (Fsp3) is 0.316. The lowest BCUT2D eigenvalue weighted by Gasteiger charge is -2.31. The highest BCUT2D eigenvalue weighted by Crippen LogP contribution is 2.22. The second-order valence-electron chi connectivity index (χ2n) is 6.49. The first-order valence-electron chi connectivity index (χ1n) is 8.52. The van der Waals surface area contributed by atoms with Crippen LogP contribution in [0.4, 0.5) is 11.5 Å². The lowest BCUT2D eigenvalue weighted by Crippen LogP contribution is -2.41. The maximum Gasteiger partial charge on any atom is 0.254 e. The van der Waals surface area contributed by atoms with Crippen molar-refractivity contribution in [2.24, 2.45) is 5.92 Å². The van der Waals surface area contributed by atoms with Crippen LogP contribution in [0.15, 0.2) is 36.5 Å². The fourth-order valence-corrected chi connectivity index (χ4v) is 3.17. The first kappa shape index (κ1) is 18.2. The van der Waals surface area contributed by atoms with Crippen LogP contribution in [0.25, 0.3) is 0 Å². The molecule has 1 aliphatic heterocycles. The van der Waals surface area contributed by atoms with Crippen LogP contribution in [0.2, 0.25) is 5.02 Å². The number of hydrogen-bond acceptors (Lipinski definition) is 4. The number of amides is 2. The summed E-state index contributed by atoms with van der Waals surface area (Å²) >= 11 is 5.79. The predicted octanol–water partition coefficient (Wildman–Crippen LogP) is 3.12. The number of nitrogens with one attached hydrogen (secondary N) is 1. The molecule has 6 nitrogen and oxygen atoms in total. The van der Waals surface area contributed by atoms with Crippen molar-refractivity contribution >= 4 is 34.9 Å². The van der Waals surface area contributed by atoms with Gasteiger partial charge in [0.15, 0.2) is 0 Å². The van der Waals surface area contributed by atoms with E-state index >= 15 is 0 Å². The van der Waals surface area contributed by atoms with Gasteiger partial charge in [0.05, 0.1) is 5.02 Å². The van der Waals surface area contributed by atoms with Crippen molar-refractivity contribution in [3.05, 3.63) is 52.7 Å². The third-order valence-corrected chi connectivity index (χ3v) is 4.85. The molecule has 2 aromatic rings. The number of rotatable bonds is 3. The molecule has 0 aliphatic carbocycles. The molecule has 0 spiro atoms. The Morgan fingerprint density at radius 1 is 1.23 bits per heavy atom. The topological polar surface area (TPSA) is 88.3 Å². The van der Waals surface area contributed by atoms with E-state index in [1.807, 2.05) is 13.0 Å². The Morgan fingerprint density at radius 3 is 2.62 bits per heavy atom. The number of anilines is 2. The molecule has 1 aromatic carbocycles. The minimum atomic E-state index is -0.140. The molecule has 0 radical (unpaired) electrons. The van der Waals surface area contributed by atoms with Crippen molar-refractivity contribution in [1.82, 2.24) is 9.88 Å². The summed E-state index contributed by atoms with van der Waals surface area (Å²) in [4.78, 5) is 31.0. The SMILES string of the molecule is Cc1ccc(N)cc1C(=O)N1CCC(C(=O)Nc2ccc(Cl)cn2)CC1. The summed E-state index contributed by atoms with van der Waals surface area (Å²) in [5.74, 6) is 0.229. The molecule has 0 unspecified atom stereocenters. The van der Waals surface area contributed by atoms with E-state index in [2.05, 4.69) is 10.3 Å². The van der Waals surface area contributed by atoms with Gasteiger partial charge in [-0.25, -0.2) is 4.98 Å². The van der Waals surface area contributed by atoms with Crippen molar-refractivity contribution in [3.63, 3.8) is 0 Å². The number of aromatic nitrogens is 1. The molecular weight excluding hydrogens is 352 g/mol. The molecule has 0 bridgehead atoms. The van der Waals surface area contributed by atoms with Gasteiger partial charge < -0.3 is 16.0 Å². The van der Waals surface area contributed by atoms with Crippen LogP contribution in [-0.2, 0) is 4.79 Å². The molecule has 2 heterocycles. The second-order valence-corrected chi connectivity index (χ2v) is 6.93. The highest BCUT2D eigenvalue weighted by atomic mass is 35.5. The van der Waals surface area contributed by atoms with Gasteiger partial charge in [-0.1, -0.05) is 17.7 Å². The third-order valence-electron chi connectivity index (χ3n) is 4.62. The highest BCUT2D eigenvalue weighted by molar-refractivity contribution is 6.30. The number of carbonyl (C=O) groups is 2. The summed E-state index contributed by atoms with van der Waals surface area (Å²) in [7, 11) is 0. The van der Waals surface area contributed by atoms with E-state index in [0.29, 0.717) is 48.0 Å². The molecule has 0 atom stereocenters. The smallest absolute Gasteiger partial charge is 0.254 e. The number of carbonyl (C=O) groups excluding carboxylic acids is 2. The minimum Gasteiger partial charge on any atom is -0.399 e. The van der Waals surface area contributed by atoms with E-state index < -0.39 is 0 Å². The van der Waals surface area contributed by atoms with Gasteiger partial charge in [-0.2, -0.15) is 0 Å². The number of likely N-dealkylation sites (tertiary alicyclic amines) is 1. The van der Waals surface area contributed by atoms with Gasteiger partial charge >= 0.3 is 0 Å². The molecule has 7 heteroatoms. The summed E-state index contributed by atoms with van der Waals surface area (Å²) < 4.78 is 0. The molecule has 136 valence electrons. The maximum absolute atomic E-state index is 12.7. The van der Waals surface area contributed by atoms with E-state index in [1.165, 1.54) is 6.20 Å². The predicted molar refractivity (Wildman–Crippen MR) is 102 cm³/mol. The van der Waals surface area contributed by atoms with Crippen LogP contribution < -0.4 is 11.1 Å². The zero-order valence-electron chi connectivity index (χ0n) is 14.5. The summed E-state index contributed by atoms with van der Waals surface area (Å²) in [5.41, 5.74) is 7.90. The van der Waals surface area contributed by atoms with Gasteiger partial charge in [-0.3, -0.25) is 9.59 Å². The molecule has 1 fully saturated rings. The van der Waals surface area contributed by atoms with Crippen LogP contribution in [0.3, 0.4) is 0 Å². The first-order valence-corrected chi connectivity index (χ1v) is 8.89. The standard InChI is InChI=1S/C19H21ClN4O2/c1-12-2-4-15(21)10-16(12)19(26)24-8-6-13(7-9-24)18(25)23-17-5-3-14(20)11-22-17/h2-5,10-11,13H,6-9,21H2,1H3,(H,22,23,25). The number of pyridine rings is 1. The van der Waals surface area contributed by atoms with Gasteiger partial charge in [0.2, 0.25) is 5.91 Å². The Bertz CT molecular complexity index is 815. The molecule has 1 aromatic heterocycles. The Labute approximate surface area is 157 Å². The molecule has 26 heavy (non-hydrogen) atoms. The number of nitrogens with two attached hydrogens (primary N) is 1. The number of piperidine rings is 1. The van der Waals surface area contributed by atoms with Crippen LogP contribution in [0, 0.1) is 12.8 Å². The number of nitrogen functional groups attached to an aromatic ring is 1. The molecule has 3 rings (SSSR count). The zero-order chi connectivity index (χ0) is 18.7. The van der Waals surface area contributed by atoms with Crippen LogP contribution in [0.1, 0.15) is 28.8 Å². The van der Waals surface area contributed by atoms with Gasteiger partial charge in [0.1, 0.15) is 5.82 Å². The lowest BCUT2D eigenvalue weighted by molar-refractivity contribution is -0.121. The number of nitrogens with zero attached hydrogens (tertiary/aromatic N) is 2. The van der Waals surface area contributed by atoms with Crippen molar-refractivity contribution in [1.29, 1.82) is 0 Å². The van der Waals surface area contributed by atoms with Crippen molar-refractivity contribution < 1.29 is 9.59 Å². The quantitative estimate of drug-likeness (QED) is 0.810. The van der Waals surface area contributed by atoms with Crippen molar-refractivity contribution in [2.75, 3.05) is 24.1 Å². The summed E-state index contributed by atoms with van der Waals surface area (Å²) in [6.45, 7) is 2.98. The number of halogens is 1. The van der Waals surface area contributed by atoms with Crippen LogP contribution >= 0.6 is 11.6 Å². The van der Waals surface area contributed by atoms with Crippen molar-refractivity contribution in [3.8, 4) is 0 Å². The first-order chi connectivity index (χ1) is 12.4. The van der Waals surface area contributed by atoms with Gasteiger partial charge in [-0.15, -0.1) is 0 Å². The summed E-state index contributed by atoms with van der Waals surface area (Å²) in [6.07, 6.45) is 2.73. The molecule has 1 aliphatic rings. The highest BCUT2D eigenvalue weighted by Gasteiger charge is 2.28. The molecule has 2 amide bonds. The Morgan fingerprint density at radius 2 is 1.96 bits per heavy atom. The Kier molecular flexibility index (Phi) is 5.42. The van der Waals surface area contributed by atoms with Gasteiger partial charge in [0.25, 0.3) is 5.91 Å². The largest absolute Gasteiger partial charge is 0.399 e. The van der Waals surface area contributed by atoms with Crippen molar-refractivity contribution in [2.45, 2.75) is 19.8 Å². The number of aryl methyl sites for hydroxylation is 1. The van der Waals surface area contributed by atoms with E-state index in [-0.39, 0.29) is 17.7 Å². The van der Waals surface area contributed by atoms with E-state index in [4.69, 9.17) is 17.3 Å². The van der Waals surface area contributed by atoms with E-state index in [9.17, 15) is 9.59 Å². The Hall–Kier alpha value is -2.60. The van der Waals surface area contributed by atoms with E-state index in [0.717, 1.165) is 5.56 Å². The Balaban J connectivity index is 1.58. The monoisotopic (exact) mass is 372 g/mol. The average molecular weight is 373 g/mol. The number of benzene rings is 1. The third kappa shape index (κ3) is 4.14. The lowest BCUT2D eigenvalue weighted by atomic mass is 9.95. The normalized spacial score (nSPS) is 14.9. The number of hydrogen-bond donors (Lipinski definition) is 2. The fourth-order valence-electron chi connectivity index (χ4n) is 3.06. The molecule has 0 saturated carbocycles. The maximum atomic E-state index is 12.7. The second kappa shape index (κ2) is 7.74. The minimum absolute atomic E-state index is 0.0342. The molecular formula is C19H21ClN4O2. The molecule has 1 saturated heterocycles. The van der Waals surface area contributed by atoms with Crippen LogP contribution in [-0.4, -0.2) is 34.8 Å². The van der Waals surface area contributed by atoms with E-state index in [1.54, 1.807) is 29.2 Å². The van der Waals surface area contributed by atoms with Crippen LogP contribution in [0.5, 0.6) is 0 Å². The summed E-state index contributed by atoms with van der Waals surface area (Å²) in [5, 5.41) is 3.32. The molecule has 3 N–H and O–H groups in total. The average Bonchev–Trinajstić information content (AvgIpc) is 2.65. The summed E-state index contributed by atoms with van der Waals surface area (Å²) in [6, 6.07) is 8.69. The zero-order valence-corrected chi connectivity index (χ0v) is 15.3. The van der Waals surface area contributed by atoms with Gasteiger partial charge in [0, 0.05) is 36.5 Å². The van der Waals surface area contributed by atoms with Gasteiger partial charge in [-0.05, 0) is 49.6 Å².